The van der Waals surface area contributed by atoms with E-state index in [9.17, 15) is 9.59 Å². The van der Waals surface area contributed by atoms with E-state index in [0.29, 0.717) is 50.2 Å². The molecule has 0 spiro atoms. The highest BCUT2D eigenvalue weighted by Crippen LogP contribution is 2.34. The number of aryl methyl sites for hydroxylation is 2. The minimum absolute atomic E-state index is 0.0504. The molecule has 5 rings (SSSR count). The van der Waals surface area contributed by atoms with Gasteiger partial charge < -0.3 is 24.1 Å². The van der Waals surface area contributed by atoms with Crippen LogP contribution in [0.3, 0.4) is 0 Å². The maximum absolute atomic E-state index is 12.8. The predicted octanol–water partition coefficient (Wildman–Crippen LogP) is 3.67. The molecule has 0 radical (unpaired) electrons. The van der Waals surface area contributed by atoms with Crippen molar-refractivity contribution in [1.82, 2.24) is 14.9 Å². The summed E-state index contributed by atoms with van der Waals surface area (Å²) in [6, 6.07) is 5.53. The number of fused-ring (bicyclic) bond motifs is 3. The summed E-state index contributed by atoms with van der Waals surface area (Å²) in [5.74, 6) is 1.53. The van der Waals surface area contributed by atoms with Gasteiger partial charge in [-0.2, -0.15) is 0 Å². The van der Waals surface area contributed by atoms with E-state index in [4.69, 9.17) is 19.2 Å². The molecule has 1 amide bonds. The Morgan fingerprint density at radius 3 is 2.83 bits per heavy atom. The first-order valence-electron chi connectivity index (χ1n) is 12.1. The Balaban J connectivity index is 1.32. The van der Waals surface area contributed by atoms with Crippen LogP contribution in [0.5, 0.6) is 11.5 Å². The number of nitrogens with zero attached hydrogens (tertiary/aromatic N) is 2. The molecular formula is C26H29N3O5S. The van der Waals surface area contributed by atoms with Crippen LogP contribution in [0.25, 0.3) is 22.4 Å². The van der Waals surface area contributed by atoms with Crippen molar-refractivity contribution in [2.24, 2.45) is 0 Å². The number of carbonyl (C=O) groups excluding carboxylic acids is 1. The number of rotatable bonds is 7. The van der Waals surface area contributed by atoms with Gasteiger partial charge in [0.25, 0.3) is 11.5 Å². The van der Waals surface area contributed by atoms with Gasteiger partial charge in [-0.25, -0.2) is 4.98 Å². The molecule has 184 valence electrons. The van der Waals surface area contributed by atoms with Crippen LogP contribution in [0, 0.1) is 0 Å². The molecule has 2 aromatic heterocycles. The average Bonchev–Trinajstić information content (AvgIpc) is 3.26. The number of H-pyrrole nitrogens is 1. The third-order valence-electron chi connectivity index (χ3n) is 6.26. The number of ether oxygens (including phenoxy) is 3. The number of thiophene rings is 1. The monoisotopic (exact) mass is 495 g/mol. The topological polar surface area (TPSA) is 93.8 Å². The van der Waals surface area contributed by atoms with E-state index in [2.05, 4.69) is 4.98 Å². The second kappa shape index (κ2) is 10.6. The van der Waals surface area contributed by atoms with Crippen LogP contribution < -0.4 is 15.0 Å². The Hall–Kier alpha value is -3.17. The number of aromatic amines is 1. The fourth-order valence-electron chi connectivity index (χ4n) is 4.49. The molecule has 0 bridgehead atoms. The number of morpholine rings is 1. The second-order valence-corrected chi connectivity index (χ2v) is 9.68. The Labute approximate surface area is 207 Å². The van der Waals surface area contributed by atoms with Crippen LogP contribution in [0.4, 0.5) is 0 Å². The summed E-state index contributed by atoms with van der Waals surface area (Å²) < 4.78 is 16.8. The quantitative estimate of drug-likeness (QED) is 0.538. The van der Waals surface area contributed by atoms with Crippen LogP contribution in [-0.2, 0) is 22.4 Å². The average molecular weight is 496 g/mol. The summed E-state index contributed by atoms with van der Waals surface area (Å²) in [6.45, 7) is 4.59. The molecule has 3 aromatic rings. The highest BCUT2D eigenvalue weighted by atomic mass is 32.1. The fourth-order valence-corrected chi connectivity index (χ4v) is 5.76. The zero-order valence-corrected chi connectivity index (χ0v) is 20.6. The molecule has 35 heavy (non-hydrogen) atoms. The summed E-state index contributed by atoms with van der Waals surface area (Å²) >= 11 is 1.64. The van der Waals surface area contributed by atoms with Crippen molar-refractivity contribution in [1.29, 1.82) is 0 Å². The number of benzene rings is 1. The van der Waals surface area contributed by atoms with E-state index in [1.807, 2.05) is 25.1 Å². The lowest BCUT2D eigenvalue weighted by Crippen LogP contribution is -2.43. The fraction of sp³-hybridized carbons (Fsp3) is 0.423. The van der Waals surface area contributed by atoms with E-state index >= 15 is 0 Å². The molecular weight excluding hydrogens is 466 g/mol. The number of carbonyl (C=O) groups is 1. The second-order valence-electron chi connectivity index (χ2n) is 8.60. The Morgan fingerprint density at radius 2 is 2.00 bits per heavy atom. The first-order chi connectivity index (χ1) is 17.1. The van der Waals surface area contributed by atoms with Crippen molar-refractivity contribution in [2.45, 2.75) is 32.6 Å². The van der Waals surface area contributed by atoms with Gasteiger partial charge in [0.05, 0.1) is 25.2 Å². The number of hydrogen-bond acceptors (Lipinski definition) is 7. The zero-order chi connectivity index (χ0) is 24.2. The van der Waals surface area contributed by atoms with Crippen molar-refractivity contribution in [3.05, 3.63) is 50.4 Å². The molecule has 3 heterocycles. The summed E-state index contributed by atoms with van der Waals surface area (Å²) in [5, 5.41) is 0.758. The van der Waals surface area contributed by atoms with Crippen LogP contribution in [0.2, 0.25) is 0 Å². The van der Waals surface area contributed by atoms with Crippen molar-refractivity contribution < 1.29 is 19.0 Å². The summed E-state index contributed by atoms with van der Waals surface area (Å²) in [7, 11) is 0. The third kappa shape index (κ3) is 5.26. The van der Waals surface area contributed by atoms with Crippen LogP contribution in [-0.4, -0.2) is 60.3 Å². The maximum atomic E-state index is 12.8. The molecule has 8 nitrogen and oxygen atoms in total. The van der Waals surface area contributed by atoms with Gasteiger partial charge >= 0.3 is 0 Å². The molecule has 9 heteroatoms. The zero-order valence-electron chi connectivity index (χ0n) is 19.8. The van der Waals surface area contributed by atoms with Gasteiger partial charge in [-0.05, 0) is 61.9 Å². The van der Waals surface area contributed by atoms with E-state index in [-0.39, 0.29) is 18.1 Å². The smallest absolute Gasteiger partial charge is 0.260 e. The third-order valence-corrected chi connectivity index (χ3v) is 7.45. The molecule has 0 atom stereocenters. The summed E-state index contributed by atoms with van der Waals surface area (Å²) in [5.41, 5.74) is 1.98. The molecule has 0 unspecified atom stereocenters. The van der Waals surface area contributed by atoms with Crippen LogP contribution in [0.1, 0.15) is 41.6 Å². The lowest BCUT2D eigenvalue weighted by molar-refractivity contribution is -0.137. The van der Waals surface area contributed by atoms with E-state index in [1.165, 1.54) is 16.9 Å². The van der Waals surface area contributed by atoms with Crippen molar-refractivity contribution >= 4 is 39.6 Å². The minimum atomic E-state index is -0.0715. The number of hydrogen-bond donors (Lipinski definition) is 1. The van der Waals surface area contributed by atoms with Crippen molar-refractivity contribution in [2.75, 3.05) is 39.5 Å². The van der Waals surface area contributed by atoms with E-state index < -0.39 is 0 Å². The Kier molecular flexibility index (Phi) is 7.15. The highest BCUT2D eigenvalue weighted by molar-refractivity contribution is 7.18. The van der Waals surface area contributed by atoms with Gasteiger partial charge in [-0.15, -0.1) is 11.3 Å². The molecule has 1 fully saturated rings. The SMILES string of the molecule is CCOc1cc(/C=C/c2nc3sc4c(c3c(=O)[nH]2)CCCC4)ccc1OCC(=O)N1CCOCC1. The van der Waals surface area contributed by atoms with E-state index in [0.717, 1.165) is 35.0 Å². The lowest BCUT2D eigenvalue weighted by atomic mass is 9.97. The lowest BCUT2D eigenvalue weighted by Gasteiger charge is -2.26. The van der Waals surface area contributed by atoms with Gasteiger partial charge in [0.1, 0.15) is 10.7 Å². The van der Waals surface area contributed by atoms with Crippen molar-refractivity contribution in [3.63, 3.8) is 0 Å². The number of nitrogens with one attached hydrogen (secondary N) is 1. The molecule has 0 saturated carbocycles. The minimum Gasteiger partial charge on any atom is -0.490 e. The first kappa shape index (κ1) is 23.6. The van der Waals surface area contributed by atoms with E-state index in [1.54, 1.807) is 28.4 Å². The normalized spacial score (nSPS) is 16.0. The molecule has 1 aliphatic heterocycles. The predicted molar refractivity (Wildman–Crippen MR) is 136 cm³/mol. The van der Waals surface area contributed by atoms with Gasteiger partial charge in [0.15, 0.2) is 18.1 Å². The first-order valence-corrected chi connectivity index (χ1v) is 12.9. The highest BCUT2D eigenvalue weighted by Gasteiger charge is 2.20. The number of aromatic nitrogens is 2. The van der Waals surface area contributed by atoms with Crippen LogP contribution >= 0.6 is 11.3 Å². The summed E-state index contributed by atoms with van der Waals surface area (Å²) in [4.78, 5) is 36.7. The van der Waals surface area contributed by atoms with Gasteiger partial charge in [-0.3, -0.25) is 9.59 Å². The summed E-state index contributed by atoms with van der Waals surface area (Å²) in [6.07, 6.45) is 7.97. The maximum Gasteiger partial charge on any atom is 0.260 e. The molecule has 2 aliphatic rings. The number of amides is 1. The standard InChI is InChI=1S/C26H29N3O5S/c1-2-33-20-15-17(7-9-19(20)34-16-23(30)29-11-13-32-14-12-29)8-10-22-27-25(31)24-18-5-3-4-6-21(18)35-26(24)28-22/h7-10,15H,2-6,11-14,16H2,1H3,(H,27,28,31)/b10-8+. The molecule has 1 N–H and O–H groups in total. The largest absolute Gasteiger partial charge is 0.490 e. The van der Waals surface area contributed by atoms with Crippen molar-refractivity contribution in [3.8, 4) is 11.5 Å². The van der Waals surface area contributed by atoms with Gasteiger partial charge in [-0.1, -0.05) is 12.1 Å². The van der Waals surface area contributed by atoms with Crippen LogP contribution in [0.15, 0.2) is 23.0 Å². The molecule has 1 aliphatic carbocycles. The van der Waals surface area contributed by atoms with Gasteiger partial charge in [0.2, 0.25) is 0 Å². The molecule has 1 aromatic carbocycles. The Bertz CT molecular complexity index is 1310. The Morgan fingerprint density at radius 1 is 1.17 bits per heavy atom. The van der Waals surface area contributed by atoms with Gasteiger partial charge in [0, 0.05) is 18.0 Å². The molecule has 1 saturated heterocycles.